The number of hydrogen-bond acceptors (Lipinski definition) is 1. The molecule has 1 unspecified atom stereocenters. The van der Waals surface area contributed by atoms with Crippen LogP contribution in [0.15, 0.2) is 28.4 Å². The minimum Gasteiger partial charge on any atom is -0.264 e. The second kappa shape index (κ2) is 4.59. The fraction of sp³-hybridized carbons (Fsp3) is 0.615. The lowest BCUT2D eigenvalue weighted by Gasteiger charge is -2.16. The topological polar surface area (TPSA) is 12.4 Å². The van der Waals surface area contributed by atoms with Gasteiger partial charge < -0.3 is 0 Å². The van der Waals surface area contributed by atoms with Crippen LogP contribution in [0.25, 0.3) is 0 Å². The molecule has 1 aliphatic heterocycles. The highest BCUT2D eigenvalue weighted by atomic mass is 14.7. The van der Waals surface area contributed by atoms with Crippen LogP contribution in [0, 0.1) is 5.41 Å². The van der Waals surface area contributed by atoms with Gasteiger partial charge in [-0.25, -0.2) is 0 Å². The monoisotopic (exact) mass is 191 g/mol. The fourth-order valence-corrected chi connectivity index (χ4v) is 1.59. The molecule has 0 aromatic rings. The smallest absolute Gasteiger partial charge is 0.0429 e. The first-order valence-electron chi connectivity index (χ1n) is 5.61. The van der Waals surface area contributed by atoms with E-state index in [2.05, 4.69) is 51.1 Å². The summed E-state index contributed by atoms with van der Waals surface area (Å²) in [5.74, 6) is 0. The third kappa shape index (κ3) is 2.34. The van der Waals surface area contributed by atoms with E-state index >= 15 is 0 Å². The zero-order chi connectivity index (χ0) is 10.6. The third-order valence-electron chi connectivity index (χ3n) is 3.03. The molecule has 1 nitrogen and oxygen atoms in total. The van der Waals surface area contributed by atoms with E-state index in [0.29, 0.717) is 0 Å². The lowest BCUT2D eigenvalue weighted by molar-refractivity contribution is 0.586. The third-order valence-corrected chi connectivity index (χ3v) is 3.03. The highest BCUT2D eigenvalue weighted by Gasteiger charge is 2.17. The molecule has 14 heavy (non-hydrogen) atoms. The number of hydrogen-bond donors (Lipinski definition) is 0. The van der Waals surface area contributed by atoms with E-state index in [0.717, 1.165) is 19.3 Å². The molecule has 1 heteroatoms. The van der Waals surface area contributed by atoms with Crippen molar-refractivity contribution in [2.24, 2.45) is 10.4 Å². The maximum atomic E-state index is 4.61. The van der Waals surface area contributed by atoms with Crippen molar-refractivity contribution in [3.63, 3.8) is 0 Å². The summed E-state index contributed by atoms with van der Waals surface area (Å²) < 4.78 is 0. The minimum atomic E-state index is 0.150. The van der Waals surface area contributed by atoms with Crippen molar-refractivity contribution in [1.29, 1.82) is 0 Å². The molecule has 1 atom stereocenters. The van der Waals surface area contributed by atoms with Crippen LogP contribution in [0.3, 0.4) is 0 Å². The van der Waals surface area contributed by atoms with E-state index in [1.807, 2.05) is 0 Å². The Hall–Kier alpha value is -0.850. The second-order valence-electron chi connectivity index (χ2n) is 4.13. The molecule has 0 aliphatic carbocycles. The molecule has 0 aromatic heterocycles. The van der Waals surface area contributed by atoms with Gasteiger partial charge in [0.25, 0.3) is 0 Å². The van der Waals surface area contributed by atoms with Crippen LogP contribution >= 0.6 is 0 Å². The Bertz CT molecular complexity index is 258. The summed E-state index contributed by atoms with van der Waals surface area (Å²) in [5.41, 5.74) is 2.79. The standard InChI is InChI=1S/C13H21N/c1-5-11-8-9-13(4,7-3)10-14-12(11)6-2/h8-10H,5-7H2,1-4H3. The molecule has 0 aromatic carbocycles. The van der Waals surface area contributed by atoms with Crippen molar-refractivity contribution >= 4 is 6.21 Å². The molecule has 0 N–H and O–H groups in total. The lowest BCUT2D eigenvalue weighted by atomic mass is 9.88. The lowest BCUT2D eigenvalue weighted by Crippen LogP contribution is -2.12. The average molecular weight is 191 g/mol. The molecule has 0 spiro atoms. The van der Waals surface area contributed by atoms with Crippen molar-refractivity contribution in [3.05, 3.63) is 23.4 Å². The van der Waals surface area contributed by atoms with Gasteiger partial charge in [0.1, 0.15) is 0 Å². The molecule has 1 heterocycles. The Morgan fingerprint density at radius 3 is 2.43 bits per heavy atom. The number of nitrogens with zero attached hydrogens (tertiary/aromatic N) is 1. The van der Waals surface area contributed by atoms with Gasteiger partial charge in [0.15, 0.2) is 0 Å². The summed E-state index contributed by atoms with van der Waals surface area (Å²) in [7, 11) is 0. The normalized spacial score (nSPS) is 26.9. The van der Waals surface area contributed by atoms with E-state index in [-0.39, 0.29) is 5.41 Å². The number of allylic oxidation sites excluding steroid dienone is 4. The molecular formula is C13H21N. The summed E-state index contributed by atoms with van der Waals surface area (Å²) >= 11 is 0. The second-order valence-corrected chi connectivity index (χ2v) is 4.13. The summed E-state index contributed by atoms with van der Waals surface area (Å²) in [6.07, 6.45) is 9.87. The quantitative estimate of drug-likeness (QED) is 0.636. The molecular weight excluding hydrogens is 170 g/mol. The first-order valence-corrected chi connectivity index (χ1v) is 5.61. The van der Waals surface area contributed by atoms with Crippen LogP contribution in [0.4, 0.5) is 0 Å². The number of rotatable bonds is 3. The van der Waals surface area contributed by atoms with E-state index < -0.39 is 0 Å². The van der Waals surface area contributed by atoms with Crippen molar-refractivity contribution < 1.29 is 0 Å². The van der Waals surface area contributed by atoms with E-state index in [1.54, 1.807) is 0 Å². The molecule has 0 fully saturated rings. The SMILES string of the molecule is CCC1=C(CC)N=CC(C)(CC)C=C1. The van der Waals surface area contributed by atoms with Gasteiger partial charge in [-0.05, 0) is 24.8 Å². The van der Waals surface area contributed by atoms with Gasteiger partial charge in [0.2, 0.25) is 0 Å². The fourth-order valence-electron chi connectivity index (χ4n) is 1.59. The van der Waals surface area contributed by atoms with E-state index in [4.69, 9.17) is 0 Å². The zero-order valence-electron chi connectivity index (χ0n) is 9.80. The average Bonchev–Trinajstić information content (AvgIpc) is 2.38. The summed E-state index contributed by atoms with van der Waals surface area (Å²) in [6.45, 7) is 8.81. The Morgan fingerprint density at radius 2 is 1.93 bits per heavy atom. The van der Waals surface area contributed by atoms with Gasteiger partial charge in [-0.3, -0.25) is 4.99 Å². The molecule has 78 valence electrons. The van der Waals surface area contributed by atoms with Gasteiger partial charge in [-0.1, -0.05) is 39.8 Å². The molecule has 1 rings (SSSR count). The summed E-state index contributed by atoms with van der Waals surface area (Å²) in [5, 5.41) is 0. The zero-order valence-corrected chi connectivity index (χ0v) is 9.80. The predicted octanol–water partition coefficient (Wildman–Crippen LogP) is 4.12. The first kappa shape index (κ1) is 11.2. The van der Waals surface area contributed by atoms with Crippen molar-refractivity contribution in [2.45, 2.75) is 47.0 Å². The van der Waals surface area contributed by atoms with Crippen LogP contribution in [-0.4, -0.2) is 6.21 Å². The van der Waals surface area contributed by atoms with E-state index in [9.17, 15) is 0 Å². The van der Waals surface area contributed by atoms with Crippen molar-refractivity contribution in [1.82, 2.24) is 0 Å². The molecule has 0 amide bonds. The highest BCUT2D eigenvalue weighted by Crippen LogP contribution is 2.27. The highest BCUT2D eigenvalue weighted by molar-refractivity contribution is 5.70. The Kier molecular flexibility index (Phi) is 3.68. The number of aliphatic imine (C=N–C) groups is 1. The summed E-state index contributed by atoms with van der Waals surface area (Å²) in [4.78, 5) is 4.61. The minimum absolute atomic E-state index is 0.150. The van der Waals surface area contributed by atoms with Gasteiger partial charge >= 0.3 is 0 Å². The van der Waals surface area contributed by atoms with Crippen LogP contribution in [0.5, 0.6) is 0 Å². The van der Waals surface area contributed by atoms with Gasteiger partial charge in [0, 0.05) is 17.3 Å². The van der Waals surface area contributed by atoms with Crippen LogP contribution < -0.4 is 0 Å². The largest absolute Gasteiger partial charge is 0.264 e. The Labute approximate surface area is 87.6 Å². The molecule has 0 saturated carbocycles. The maximum absolute atomic E-state index is 4.61. The Balaban J connectivity index is 3.01. The van der Waals surface area contributed by atoms with Gasteiger partial charge in [-0.2, -0.15) is 0 Å². The predicted molar refractivity (Wildman–Crippen MR) is 63.6 cm³/mol. The molecule has 0 saturated heterocycles. The Morgan fingerprint density at radius 1 is 1.21 bits per heavy atom. The van der Waals surface area contributed by atoms with Gasteiger partial charge in [-0.15, -0.1) is 0 Å². The van der Waals surface area contributed by atoms with Crippen molar-refractivity contribution in [3.8, 4) is 0 Å². The molecule has 0 bridgehead atoms. The molecule has 0 radical (unpaired) electrons. The first-order chi connectivity index (χ1) is 6.65. The van der Waals surface area contributed by atoms with Crippen LogP contribution in [-0.2, 0) is 0 Å². The molecule has 1 aliphatic rings. The van der Waals surface area contributed by atoms with E-state index in [1.165, 1.54) is 11.3 Å². The van der Waals surface area contributed by atoms with Gasteiger partial charge in [0.05, 0.1) is 0 Å². The van der Waals surface area contributed by atoms with Crippen LogP contribution in [0.2, 0.25) is 0 Å². The van der Waals surface area contributed by atoms with Crippen molar-refractivity contribution in [2.75, 3.05) is 0 Å². The van der Waals surface area contributed by atoms with Crippen LogP contribution in [0.1, 0.15) is 47.0 Å². The summed E-state index contributed by atoms with van der Waals surface area (Å²) in [6, 6.07) is 0. The maximum Gasteiger partial charge on any atom is 0.0429 e.